The monoisotopic (exact) mass is 235 g/mol. The summed E-state index contributed by atoms with van der Waals surface area (Å²) in [4.78, 5) is 0. The summed E-state index contributed by atoms with van der Waals surface area (Å²) in [6.07, 6.45) is -5.91. The van der Waals surface area contributed by atoms with Gasteiger partial charge in [0.2, 0.25) is 0 Å². The summed E-state index contributed by atoms with van der Waals surface area (Å²) < 4.78 is 35.9. The Bertz CT molecular complexity index is 149. The van der Waals surface area contributed by atoms with Crippen LogP contribution in [0.15, 0.2) is 0 Å². The van der Waals surface area contributed by atoms with Crippen molar-refractivity contribution in [2.24, 2.45) is 11.1 Å². The molecule has 0 radical (unpaired) electrons. The van der Waals surface area contributed by atoms with Gasteiger partial charge in [0.25, 0.3) is 0 Å². The highest BCUT2D eigenvalue weighted by atomic mass is 35.5. The average molecular weight is 236 g/mol. The zero-order valence-electron chi connectivity index (χ0n) is 8.43. The van der Waals surface area contributed by atoms with E-state index in [0.29, 0.717) is 0 Å². The highest BCUT2D eigenvalue weighted by Gasteiger charge is 2.39. The van der Waals surface area contributed by atoms with Gasteiger partial charge in [0, 0.05) is 0 Å². The van der Waals surface area contributed by atoms with Crippen LogP contribution in [-0.2, 0) is 0 Å². The lowest BCUT2D eigenvalue weighted by molar-refractivity contribution is -0.156. The SMILES string of the molecule is CC(C)(C)[C@@H](O)C[C@@H](N)C(F)(F)F.Cl. The van der Waals surface area contributed by atoms with Crippen molar-refractivity contribution in [1.29, 1.82) is 0 Å². The first kappa shape index (κ1) is 16.4. The summed E-state index contributed by atoms with van der Waals surface area (Å²) in [5, 5.41) is 9.34. The molecule has 0 aliphatic rings. The number of alkyl halides is 3. The number of halogens is 4. The first-order chi connectivity index (χ1) is 5.55. The van der Waals surface area contributed by atoms with Crippen molar-refractivity contribution >= 4 is 12.4 Å². The van der Waals surface area contributed by atoms with Crippen LogP contribution in [0.2, 0.25) is 0 Å². The molecule has 2 atom stereocenters. The molecule has 0 aromatic rings. The first-order valence-corrected chi connectivity index (χ1v) is 4.05. The van der Waals surface area contributed by atoms with Crippen LogP contribution in [0.3, 0.4) is 0 Å². The first-order valence-electron chi connectivity index (χ1n) is 4.05. The summed E-state index contributed by atoms with van der Waals surface area (Å²) in [6.45, 7) is 5.00. The Morgan fingerprint density at radius 1 is 1.21 bits per heavy atom. The Labute approximate surface area is 88.1 Å². The van der Waals surface area contributed by atoms with Crippen molar-refractivity contribution in [3.63, 3.8) is 0 Å². The molecule has 6 heteroatoms. The number of nitrogens with two attached hydrogens (primary N) is 1. The topological polar surface area (TPSA) is 46.2 Å². The summed E-state index contributed by atoms with van der Waals surface area (Å²) >= 11 is 0. The highest BCUT2D eigenvalue weighted by molar-refractivity contribution is 5.85. The van der Waals surface area contributed by atoms with Crippen LogP contribution in [0.5, 0.6) is 0 Å². The molecule has 0 bridgehead atoms. The molecule has 0 saturated carbocycles. The van der Waals surface area contributed by atoms with Gasteiger partial charge < -0.3 is 10.8 Å². The molecule has 0 aliphatic heterocycles. The van der Waals surface area contributed by atoms with E-state index >= 15 is 0 Å². The molecule has 0 rings (SSSR count). The van der Waals surface area contributed by atoms with Crippen molar-refractivity contribution < 1.29 is 18.3 Å². The van der Waals surface area contributed by atoms with Crippen LogP contribution in [0.4, 0.5) is 13.2 Å². The number of aliphatic hydroxyl groups excluding tert-OH is 1. The molecule has 0 heterocycles. The highest BCUT2D eigenvalue weighted by Crippen LogP contribution is 2.27. The molecule has 0 spiro atoms. The molecule has 2 nitrogen and oxygen atoms in total. The van der Waals surface area contributed by atoms with Gasteiger partial charge >= 0.3 is 6.18 Å². The molecule has 0 amide bonds. The quantitative estimate of drug-likeness (QED) is 0.770. The molecule has 0 fully saturated rings. The van der Waals surface area contributed by atoms with Crippen molar-refractivity contribution in [3.05, 3.63) is 0 Å². The third kappa shape index (κ3) is 5.67. The molecular weight excluding hydrogens is 219 g/mol. The molecule has 3 N–H and O–H groups in total. The van der Waals surface area contributed by atoms with Gasteiger partial charge in [0.1, 0.15) is 6.04 Å². The summed E-state index contributed by atoms with van der Waals surface area (Å²) in [5.41, 5.74) is 4.30. The number of hydrogen-bond acceptors (Lipinski definition) is 2. The Hall–Kier alpha value is -0.0000000000000000555. The minimum Gasteiger partial charge on any atom is -0.393 e. The van der Waals surface area contributed by atoms with Crippen LogP contribution in [0.25, 0.3) is 0 Å². The van der Waals surface area contributed by atoms with E-state index < -0.39 is 30.2 Å². The van der Waals surface area contributed by atoms with Crippen LogP contribution < -0.4 is 5.73 Å². The van der Waals surface area contributed by atoms with Crippen molar-refractivity contribution in [3.8, 4) is 0 Å². The maximum absolute atomic E-state index is 12.0. The van der Waals surface area contributed by atoms with Crippen molar-refractivity contribution in [2.45, 2.75) is 45.5 Å². The van der Waals surface area contributed by atoms with E-state index in [-0.39, 0.29) is 12.4 Å². The van der Waals surface area contributed by atoms with E-state index in [0.717, 1.165) is 0 Å². The Morgan fingerprint density at radius 3 is 1.79 bits per heavy atom. The fourth-order valence-corrected chi connectivity index (χ4v) is 0.728. The zero-order chi connectivity index (χ0) is 10.9. The summed E-state index contributed by atoms with van der Waals surface area (Å²) in [5.74, 6) is 0. The molecular formula is C8H17ClF3NO. The van der Waals surface area contributed by atoms with Crippen LogP contribution in [0.1, 0.15) is 27.2 Å². The van der Waals surface area contributed by atoms with Gasteiger partial charge in [-0.05, 0) is 11.8 Å². The maximum atomic E-state index is 12.0. The molecule has 0 aromatic carbocycles. The normalized spacial score (nSPS) is 17.1. The lowest BCUT2D eigenvalue weighted by Crippen LogP contribution is -2.43. The van der Waals surface area contributed by atoms with Gasteiger partial charge in [-0.25, -0.2) is 0 Å². The lowest BCUT2D eigenvalue weighted by Gasteiger charge is -2.28. The van der Waals surface area contributed by atoms with Crippen LogP contribution in [-0.4, -0.2) is 23.4 Å². The van der Waals surface area contributed by atoms with Crippen molar-refractivity contribution in [2.75, 3.05) is 0 Å². The average Bonchev–Trinajstić information content (AvgIpc) is 1.82. The third-order valence-corrected chi connectivity index (χ3v) is 1.90. The number of aliphatic hydroxyl groups is 1. The lowest BCUT2D eigenvalue weighted by atomic mass is 9.85. The fraction of sp³-hybridized carbons (Fsp3) is 1.00. The zero-order valence-corrected chi connectivity index (χ0v) is 9.25. The van der Waals surface area contributed by atoms with Gasteiger partial charge in [-0.1, -0.05) is 20.8 Å². The van der Waals surface area contributed by atoms with E-state index in [4.69, 9.17) is 5.73 Å². The molecule has 0 saturated heterocycles. The predicted molar refractivity (Wildman–Crippen MR) is 51.4 cm³/mol. The Balaban J connectivity index is 0. The summed E-state index contributed by atoms with van der Waals surface area (Å²) in [6, 6.07) is -1.94. The maximum Gasteiger partial charge on any atom is 0.403 e. The van der Waals surface area contributed by atoms with Crippen LogP contribution >= 0.6 is 12.4 Å². The molecule has 0 unspecified atom stereocenters. The fourth-order valence-electron chi connectivity index (χ4n) is 0.728. The molecule has 88 valence electrons. The minimum atomic E-state index is -4.42. The second-order valence-corrected chi connectivity index (χ2v) is 4.27. The van der Waals surface area contributed by atoms with Crippen LogP contribution in [0, 0.1) is 5.41 Å². The van der Waals surface area contributed by atoms with E-state index in [9.17, 15) is 18.3 Å². The Morgan fingerprint density at radius 2 is 1.57 bits per heavy atom. The van der Waals surface area contributed by atoms with E-state index in [2.05, 4.69) is 0 Å². The number of hydrogen-bond donors (Lipinski definition) is 2. The molecule has 0 aliphatic carbocycles. The smallest absolute Gasteiger partial charge is 0.393 e. The van der Waals surface area contributed by atoms with Gasteiger partial charge in [-0.2, -0.15) is 13.2 Å². The number of rotatable bonds is 2. The second-order valence-electron chi connectivity index (χ2n) is 4.27. The van der Waals surface area contributed by atoms with E-state index in [1.54, 1.807) is 20.8 Å². The van der Waals surface area contributed by atoms with E-state index in [1.807, 2.05) is 0 Å². The van der Waals surface area contributed by atoms with Gasteiger partial charge in [0.15, 0.2) is 0 Å². The molecule has 14 heavy (non-hydrogen) atoms. The third-order valence-electron chi connectivity index (χ3n) is 1.90. The van der Waals surface area contributed by atoms with Gasteiger partial charge in [-0.3, -0.25) is 0 Å². The van der Waals surface area contributed by atoms with Gasteiger partial charge in [-0.15, -0.1) is 12.4 Å². The Kier molecular flexibility index (Phi) is 6.09. The van der Waals surface area contributed by atoms with E-state index in [1.165, 1.54) is 0 Å². The summed E-state index contributed by atoms with van der Waals surface area (Å²) in [7, 11) is 0. The molecule has 0 aromatic heterocycles. The predicted octanol–water partition coefficient (Wildman–Crippen LogP) is 2.09. The second kappa shape index (κ2) is 5.19. The van der Waals surface area contributed by atoms with Gasteiger partial charge in [0.05, 0.1) is 6.10 Å². The minimum absolute atomic E-state index is 0. The standard InChI is InChI=1S/C8H16F3NO.ClH/c1-7(2,3)6(13)4-5(12)8(9,10)11;/h5-6,13H,4,12H2,1-3H3;1H/t5-,6+;/m1./s1. The largest absolute Gasteiger partial charge is 0.403 e. The van der Waals surface area contributed by atoms with Crippen molar-refractivity contribution in [1.82, 2.24) is 0 Å².